The molecule has 16 heavy (non-hydrogen) atoms. The predicted octanol–water partition coefficient (Wildman–Crippen LogP) is -0.598. The van der Waals surface area contributed by atoms with Crippen molar-refractivity contribution in [2.75, 3.05) is 6.61 Å². The molecule has 0 bridgehead atoms. The second kappa shape index (κ2) is 9.59. The quantitative estimate of drug-likeness (QED) is 0.426. The third-order valence-electron chi connectivity index (χ3n) is 1.90. The summed E-state index contributed by atoms with van der Waals surface area (Å²) in [7, 11) is 0. The number of aliphatic carboxylic acids is 1. The fourth-order valence-corrected chi connectivity index (χ4v) is 1.16. The molecule has 1 rings (SSSR count). The first-order chi connectivity index (χ1) is 7.20. The van der Waals surface area contributed by atoms with Crippen LogP contribution in [-0.4, -0.2) is 23.1 Å². The number of alkyl halides is 1. The molecule has 1 aromatic carbocycles. The third kappa shape index (κ3) is 7.01. The number of carboxylic acids is 1. The maximum atomic E-state index is 10.4. The molecule has 5 heteroatoms. The van der Waals surface area contributed by atoms with Crippen LogP contribution >= 0.6 is 11.6 Å². The number of ether oxygens (including phenoxy) is 1. The van der Waals surface area contributed by atoms with Crippen LogP contribution in [0.5, 0.6) is 0 Å². The van der Waals surface area contributed by atoms with E-state index < -0.39 is 11.3 Å². The number of benzene rings is 1. The summed E-state index contributed by atoms with van der Waals surface area (Å²) in [5.41, 5.74) is 1.07. The van der Waals surface area contributed by atoms with Crippen molar-refractivity contribution < 1.29 is 67.4 Å². The summed E-state index contributed by atoms with van der Waals surface area (Å²) in [5.74, 6) is -1.00. The fourth-order valence-electron chi connectivity index (χ4n) is 1.07. The molecule has 0 fully saturated rings. The van der Waals surface area contributed by atoms with Gasteiger partial charge in [-0.15, -0.1) is 11.6 Å². The Bertz CT molecular complexity index is 311. The number of rotatable bonds is 6. The summed E-state index contributed by atoms with van der Waals surface area (Å²) in [6, 6.07) is 9.70. The molecule has 0 aliphatic heterocycles. The Morgan fingerprint density at radius 3 is 2.62 bits per heavy atom. The Balaban J connectivity index is 0. The van der Waals surface area contributed by atoms with E-state index in [1.54, 1.807) is 0 Å². The molecule has 0 aromatic heterocycles. The van der Waals surface area contributed by atoms with Crippen molar-refractivity contribution in [1.82, 2.24) is 0 Å². The second-order valence-corrected chi connectivity index (χ2v) is 3.66. The molecular weight excluding hydrogens is 255 g/mol. The summed E-state index contributed by atoms with van der Waals surface area (Å²) in [4.78, 5) is 10.4. The van der Waals surface area contributed by atoms with Crippen LogP contribution in [0.2, 0.25) is 0 Å². The number of halogens is 1. The zero-order chi connectivity index (χ0) is 11.1. The van der Waals surface area contributed by atoms with Crippen LogP contribution in [0.4, 0.5) is 0 Å². The van der Waals surface area contributed by atoms with Gasteiger partial charge in [0.25, 0.3) is 0 Å². The van der Waals surface area contributed by atoms with Crippen molar-refractivity contribution in [3.05, 3.63) is 35.9 Å². The predicted molar refractivity (Wildman–Crippen MR) is 59.1 cm³/mol. The van der Waals surface area contributed by atoms with Gasteiger partial charge in [-0.25, -0.2) is 0 Å². The van der Waals surface area contributed by atoms with Crippen molar-refractivity contribution in [2.24, 2.45) is 0 Å². The molecular formula is C11H14ClKO3. The van der Waals surface area contributed by atoms with Gasteiger partial charge < -0.3 is 11.3 Å². The minimum atomic E-state index is -1.00. The normalized spacial score (nSPS) is 11.6. The van der Waals surface area contributed by atoms with E-state index in [4.69, 9.17) is 21.4 Å². The van der Waals surface area contributed by atoms with Gasteiger partial charge in [0.2, 0.25) is 0 Å². The van der Waals surface area contributed by atoms with Crippen molar-refractivity contribution in [3.8, 4) is 0 Å². The molecule has 1 N–H and O–H groups in total. The molecule has 0 heterocycles. The van der Waals surface area contributed by atoms with Gasteiger partial charge in [-0.2, -0.15) is 0 Å². The average molecular weight is 269 g/mol. The number of carbonyl (C=O) groups is 1. The van der Waals surface area contributed by atoms with Crippen molar-refractivity contribution >= 4 is 17.6 Å². The Morgan fingerprint density at radius 2 is 2.06 bits per heavy atom. The monoisotopic (exact) mass is 268 g/mol. The molecule has 3 nitrogen and oxygen atoms in total. The first-order valence-electron chi connectivity index (χ1n) is 4.68. The van der Waals surface area contributed by atoms with Crippen LogP contribution in [-0.2, 0) is 16.1 Å². The van der Waals surface area contributed by atoms with Gasteiger partial charge >= 0.3 is 57.4 Å². The first kappa shape index (κ1) is 16.6. The van der Waals surface area contributed by atoms with E-state index in [1.807, 2.05) is 30.3 Å². The topological polar surface area (TPSA) is 46.5 Å². The molecule has 0 aliphatic carbocycles. The summed E-state index contributed by atoms with van der Waals surface area (Å²) < 4.78 is 5.29. The van der Waals surface area contributed by atoms with Crippen LogP contribution in [0.15, 0.2) is 30.3 Å². The fraction of sp³-hybridized carbons (Fsp3) is 0.364. The summed E-state index contributed by atoms with van der Waals surface area (Å²) in [6.45, 7) is 0.847. The molecule has 0 amide bonds. The minimum absolute atomic E-state index is 0. The van der Waals surface area contributed by atoms with Gasteiger partial charge in [0.1, 0.15) is 5.38 Å². The minimum Gasteiger partial charge on any atom is -1.00 e. The van der Waals surface area contributed by atoms with E-state index in [9.17, 15) is 4.79 Å². The Morgan fingerprint density at radius 1 is 1.44 bits per heavy atom. The summed E-state index contributed by atoms with van der Waals surface area (Å²) >= 11 is 5.52. The van der Waals surface area contributed by atoms with Gasteiger partial charge in [-0.05, 0) is 12.0 Å². The largest absolute Gasteiger partial charge is 1.00 e. The van der Waals surface area contributed by atoms with Crippen LogP contribution in [0.25, 0.3) is 0 Å². The van der Waals surface area contributed by atoms with Gasteiger partial charge in [-0.1, -0.05) is 30.3 Å². The zero-order valence-electron chi connectivity index (χ0n) is 10.2. The maximum absolute atomic E-state index is 10.4. The van der Waals surface area contributed by atoms with Crippen LogP contribution in [0, 0.1) is 0 Å². The molecule has 1 unspecified atom stereocenters. The second-order valence-electron chi connectivity index (χ2n) is 3.13. The van der Waals surface area contributed by atoms with E-state index in [1.165, 1.54) is 0 Å². The van der Waals surface area contributed by atoms with E-state index in [0.717, 1.165) is 5.56 Å². The summed E-state index contributed by atoms with van der Waals surface area (Å²) in [5, 5.41) is 7.65. The molecule has 1 atom stereocenters. The Labute approximate surface area is 144 Å². The number of carboxylic acid groups (broad SMARTS) is 1. The molecule has 0 aliphatic rings. The van der Waals surface area contributed by atoms with Gasteiger partial charge in [-0.3, -0.25) is 4.79 Å². The SMILES string of the molecule is O=C(O)C(Cl)CCOCc1ccccc1.[H-].[K+]. The first-order valence-corrected chi connectivity index (χ1v) is 5.12. The van der Waals surface area contributed by atoms with Crippen LogP contribution < -0.4 is 51.4 Å². The van der Waals surface area contributed by atoms with Gasteiger partial charge in [0, 0.05) is 6.61 Å². The average Bonchev–Trinajstić information content (AvgIpc) is 2.25. The van der Waals surface area contributed by atoms with Crippen molar-refractivity contribution in [3.63, 3.8) is 0 Å². The van der Waals surface area contributed by atoms with E-state index >= 15 is 0 Å². The zero-order valence-corrected chi connectivity index (χ0v) is 13.1. The standard InChI is InChI=1S/C11H13ClO3.K.H/c12-10(11(13)14)6-7-15-8-9-4-2-1-3-5-9;;/h1-5,10H,6-8H2,(H,13,14);;/q;+1;-1. The molecule has 0 saturated heterocycles. The molecule has 0 saturated carbocycles. The number of hydrogen-bond donors (Lipinski definition) is 1. The Hall–Kier alpha value is 0.576. The Kier molecular flexibility index (Phi) is 9.94. The molecule has 0 radical (unpaired) electrons. The van der Waals surface area contributed by atoms with Gasteiger partial charge in [0.05, 0.1) is 6.61 Å². The van der Waals surface area contributed by atoms with Crippen LogP contribution in [0.1, 0.15) is 13.4 Å². The molecule has 0 spiro atoms. The van der Waals surface area contributed by atoms with Crippen molar-refractivity contribution in [1.29, 1.82) is 0 Å². The van der Waals surface area contributed by atoms with Gasteiger partial charge in [0.15, 0.2) is 0 Å². The smallest absolute Gasteiger partial charge is 1.00 e. The van der Waals surface area contributed by atoms with E-state index in [0.29, 0.717) is 19.6 Å². The third-order valence-corrected chi connectivity index (χ3v) is 2.30. The van der Waals surface area contributed by atoms with Crippen LogP contribution in [0.3, 0.4) is 0 Å². The molecule has 1 aromatic rings. The summed E-state index contributed by atoms with van der Waals surface area (Å²) in [6.07, 6.45) is 0.323. The van der Waals surface area contributed by atoms with Crippen molar-refractivity contribution in [2.45, 2.75) is 18.4 Å². The number of hydrogen-bond acceptors (Lipinski definition) is 2. The molecule has 84 valence electrons. The maximum Gasteiger partial charge on any atom is 1.00 e. The van der Waals surface area contributed by atoms with E-state index in [-0.39, 0.29) is 52.8 Å². The van der Waals surface area contributed by atoms with E-state index in [2.05, 4.69) is 0 Å².